The lowest BCUT2D eigenvalue weighted by atomic mass is 9.88. The van der Waals surface area contributed by atoms with Gasteiger partial charge in [0, 0.05) is 22.9 Å². The largest absolute Gasteiger partial charge is 0.369 e. The fourth-order valence-corrected chi connectivity index (χ4v) is 3.46. The van der Waals surface area contributed by atoms with E-state index in [0.29, 0.717) is 16.9 Å². The summed E-state index contributed by atoms with van der Waals surface area (Å²) in [4.78, 5) is 35.9. The van der Waals surface area contributed by atoms with Gasteiger partial charge in [-0.3, -0.25) is 14.4 Å². The van der Waals surface area contributed by atoms with E-state index in [1.807, 2.05) is 0 Å². The molecule has 0 aliphatic heterocycles. The Bertz CT molecular complexity index is 856. The molecule has 0 aromatic heterocycles. The third kappa shape index (κ3) is 5.42. The smallest absolute Gasteiger partial charge is 0.255 e. The van der Waals surface area contributed by atoms with Gasteiger partial charge in [0.25, 0.3) is 5.91 Å². The molecular weight excluding hydrogens is 354 g/mol. The molecule has 28 heavy (non-hydrogen) atoms. The van der Waals surface area contributed by atoms with Crippen molar-refractivity contribution in [3.05, 3.63) is 59.7 Å². The molecule has 6 nitrogen and oxygen atoms in total. The van der Waals surface area contributed by atoms with Crippen LogP contribution < -0.4 is 16.4 Å². The number of amides is 3. The molecule has 1 fully saturated rings. The summed E-state index contributed by atoms with van der Waals surface area (Å²) in [6.45, 7) is 0. The SMILES string of the molecule is NC(=O)Cc1ccc(NC(=O)c2cccc(NC(=O)C3CCCCC3)c2)cc1. The first-order valence-electron chi connectivity index (χ1n) is 9.61. The number of rotatable bonds is 6. The summed E-state index contributed by atoms with van der Waals surface area (Å²) in [5.74, 6) is -0.576. The second-order valence-electron chi connectivity index (χ2n) is 7.20. The Hall–Kier alpha value is -3.15. The van der Waals surface area contributed by atoms with Crippen LogP contribution in [-0.2, 0) is 16.0 Å². The molecule has 2 aromatic carbocycles. The molecule has 0 saturated heterocycles. The number of nitrogens with one attached hydrogen (secondary N) is 2. The van der Waals surface area contributed by atoms with Gasteiger partial charge in [-0.15, -0.1) is 0 Å². The highest BCUT2D eigenvalue weighted by atomic mass is 16.2. The lowest BCUT2D eigenvalue weighted by Gasteiger charge is -2.20. The minimum atomic E-state index is -0.399. The van der Waals surface area contributed by atoms with Crippen LogP contribution in [0.5, 0.6) is 0 Å². The Labute approximate surface area is 164 Å². The first kappa shape index (κ1) is 19.6. The second-order valence-corrected chi connectivity index (χ2v) is 7.20. The molecule has 3 rings (SSSR count). The van der Waals surface area contributed by atoms with Crippen LogP contribution in [0, 0.1) is 5.92 Å². The maximum Gasteiger partial charge on any atom is 0.255 e. The lowest BCUT2D eigenvalue weighted by Crippen LogP contribution is -2.24. The Kier molecular flexibility index (Phi) is 6.42. The number of nitrogens with two attached hydrogens (primary N) is 1. The van der Waals surface area contributed by atoms with Crippen LogP contribution in [0.2, 0.25) is 0 Å². The molecule has 0 radical (unpaired) electrons. The molecule has 1 aliphatic rings. The molecule has 0 bridgehead atoms. The van der Waals surface area contributed by atoms with Crippen molar-refractivity contribution >= 4 is 29.1 Å². The van der Waals surface area contributed by atoms with E-state index in [1.54, 1.807) is 48.5 Å². The van der Waals surface area contributed by atoms with Crippen molar-refractivity contribution in [1.29, 1.82) is 0 Å². The van der Waals surface area contributed by atoms with Crippen LogP contribution in [0.25, 0.3) is 0 Å². The van der Waals surface area contributed by atoms with Gasteiger partial charge in [-0.25, -0.2) is 0 Å². The highest BCUT2D eigenvalue weighted by Gasteiger charge is 2.21. The highest BCUT2D eigenvalue weighted by Crippen LogP contribution is 2.25. The van der Waals surface area contributed by atoms with E-state index in [0.717, 1.165) is 31.2 Å². The van der Waals surface area contributed by atoms with Crippen LogP contribution in [0.15, 0.2) is 48.5 Å². The van der Waals surface area contributed by atoms with E-state index in [1.165, 1.54) is 6.42 Å². The summed E-state index contributed by atoms with van der Waals surface area (Å²) < 4.78 is 0. The predicted octanol–water partition coefficient (Wildman–Crippen LogP) is 3.49. The normalized spacial score (nSPS) is 14.3. The minimum absolute atomic E-state index is 0.0299. The first-order chi connectivity index (χ1) is 13.5. The van der Waals surface area contributed by atoms with E-state index in [9.17, 15) is 14.4 Å². The highest BCUT2D eigenvalue weighted by molar-refractivity contribution is 6.05. The van der Waals surface area contributed by atoms with Gasteiger partial charge in [-0.05, 0) is 48.7 Å². The van der Waals surface area contributed by atoms with E-state index in [4.69, 9.17) is 5.73 Å². The number of hydrogen-bond donors (Lipinski definition) is 3. The summed E-state index contributed by atoms with van der Waals surface area (Å²) in [6.07, 6.45) is 5.41. The molecule has 0 unspecified atom stereocenters. The molecule has 0 atom stereocenters. The van der Waals surface area contributed by atoms with E-state index < -0.39 is 5.91 Å². The monoisotopic (exact) mass is 379 g/mol. The van der Waals surface area contributed by atoms with Crippen LogP contribution >= 0.6 is 0 Å². The zero-order chi connectivity index (χ0) is 19.9. The van der Waals surface area contributed by atoms with Crippen LogP contribution in [-0.4, -0.2) is 17.7 Å². The molecule has 4 N–H and O–H groups in total. The van der Waals surface area contributed by atoms with E-state index in [-0.39, 0.29) is 24.2 Å². The van der Waals surface area contributed by atoms with Gasteiger partial charge in [0.2, 0.25) is 11.8 Å². The Balaban J connectivity index is 1.61. The van der Waals surface area contributed by atoms with Gasteiger partial charge in [-0.1, -0.05) is 37.5 Å². The summed E-state index contributed by atoms with van der Waals surface area (Å²) in [5.41, 5.74) is 7.67. The van der Waals surface area contributed by atoms with Gasteiger partial charge in [-0.2, -0.15) is 0 Å². The van der Waals surface area contributed by atoms with Crippen molar-refractivity contribution in [2.45, 2.75) is 38.5 Å². The van der Waals surface area contributed by atoms with Gasteiger partial charge in [0.05, 0.1) is 6.42 Å². The Morgan fingerprint density at radius 3 is 2.29 bits per heavy atom. The van der Waals surface area contributed by atoms with E-state index >= 15 is 0 Å². The second kappa shape index (κ2) is 9.17. The molecule has 0 heterocycles. The van der Waals surface area contributed by atoms with Gasteiger partial charge in [0.1, 0.15) is 0 Å². The zero-order valence-electron chi connectivity index (χ0n) is 15.7. The molecule has 3 amide bonds. The summed E-state index contributed by atoms with van der Waals surface area (Å²) in [7, 11) is 0. The maximum absolute atomic E-state index is 12.5. The zero-order valence-corrected chi connectivity index (χ0v) is 15.7. The number of anilines is 2. The van der Waals surface area contributed by atoms with Crippen molar-refractivity contribution < 1.29 is 14.4 Å². The summed E-state index contributed by atoms with van der Waals surface area (Å²) in [6, 6.07) is 13.9. The quantitative estimate of drug-likeness (QED) is 0.716. The minimum Gasteiger partial charge on any atom is -0.369 e. The molecule has 1 saturated carbocycles. The average Bonchev–Trinajstić information content (AvgIpc) is 2.70. The average molecular weight is 379 g/mol. The first-order valence-corrected chi connectivity index (χ1v) is 9.61. The lowest BCUT2D eigenvalue weighted by molar-refractivity contribution is -0.120. The van der Waals surface area contributed by atoms with Crippen molar-refractivity contribution in [2.24, 2.45) is 11.7 Å². The molecular formula is C22H25N3O3. The number of carbonyl (C=O) groups excluding carboxylic acids is 3. The maximum atomic E-state index is 12.5. The fourth-order valence-electron chi connectivity index (χ4n) is 3.46. The Morgan fingerprint density at radius 2 is 1.61 bits per heavy atom. The fraction of sp³-hybridized carbons (Fsp3) is 0.318. The number of hydrogen-bond acceptors (Lipinski definition) is 3. The van der Waals surface area contributed by atoms with Crippen molar-refractivity contribution in [3.63, 3.8) is 0 Å². The third-order valence-corrected chi connectivity index (χ3v) is 4.96. The molecule has 6 heteroatoms. The van der Waals surface area contributed by atoms with Crippen molar-refractivity contribution in [2.75, 3.05) is 10.6 Å². The summed E-state index contributed by atoms with van der Waals surface area (Å²) >= 11 is 0. The van der Waals surface area contributed by atoms with Crippen molar-refractivity contribution in [3.8, 4) is 0 Å². The van der Waals surface area contributed by atoms with Crippen LogP contribution in [0.4, 0.5) is 11.4 Å². The topological polar surface area (TPSA) is 101 Å². The number of carbonyl (C=O) groups is 3. The molecule has 1 aliphatic carbocycles. The van der Waals surface area contributed by atoms with Gasteiger partial charge in [0.15, 0.2) is 0 Å². The number of primary amides is 1. The van der Waals surface area contributed by atoms with Crippen LogP contribution in [0.1, 0.15) is 48.0 Å². The van der Waals surface area contributed by atoms with Gasteiger partial charge < -0.3 is 16.4 Å². The third-order valence-electron chi connectivity index (χ3n) is 4.96. The molecule has 0 spiro atoms. The standard InChI is InChI=1S/C22H25N3O3/c23-20(26)13-15-9-11-18(12-10-15)24-22(28)17-7-4-8-19(14-17)25-21(27)16-5-2-1-3-6-16/h4,7-12,14,16H,1-3,5-6,13H2,(H2,23,26)(H,24,28)(H,25,27). The summed E-state index contributed by atoms with van der Waals surface area (Å²) in [5, 5.41) is 5.75. The predicted molar refractivity (Wildman–Crippen MR) is 109 cm³/mol. The number of benzene rings is 2. The molecule has 2 aromatic rings. The van der Waals surface area contributed by atoms with E-state index in [2.05, 4.69) is 10.6 Å². The van der Waals surface area contributed by atoms with Crippen LogP contribution in [0.3, 0.4) is 0 Å². The molecule has 146 valence electrons. The van der Waals surface area contributed by atoms with Crippen molar-refractivity contribution in [1.82, 2.24) is 0 Å². The Morgan fingerprint density at radius 1 is 0.893 bits per heavy atom. The van der Waals surface area contributed by atoms with Gasteiger partial charge >= 0.3 is 0 Å².